The van der Waals surface area contributed by atoms with Gasteiger partial charge in [0.25, 0.3) is 10.0 Å². The van der Waals surface area contributed by atoms with Crippen LogP contribution in [0.4, 0.5) is 14.5 Å². The first-order valence-corrected chi connectivity index (χ1v) is 11.9. The summed E-state index contributed by atoms with van der Waals surface area (Å²) in [6.45, 7) is 3.67. The van der Waals surface area contributed by atoms with Crippen molar-refractivity contribution in [1.82, 2.24) is 0 Å². The van der Waals surface area contributed by atoms with E-state index in [4.69, 9.17) is 11.6 Å². The minimum atomic E-state index is -4.24. The zero-order valence-corrected chi connectivity index (χ0v) is 17.6. The first-order chi connectivity index (χ1) is 13.2. The van der Waals surface area contributed by atoms with Gasteiger partial charge in [-0.3, -0.25) is 4.31 Å². The van der Waals surface area contributed by atoms with Crippen molar-refractivity contribution in [3.05, 3.63) is 71.8 Å². The third-order valence-corrected chi connectivity index (χ3v) is 7.01. The summed E-state index contributed by atoms with van der Waals surface area (Å²) < 4.78 is 65.3. The quantitative estimate of drug-likeness (QED) is 0.440. The number of benzene rings is 2. The third-order valence-electron chi connectivity index (χ3n) is 4.03. The molecule has 0 aliphatic carbocycles. The van der Waals surface area contributed by atoms with Crippen LogP contribution >= 0.6 is 11.6 Å². The highest BCUT2D eigenvalue weighted by Gasteiger charge is 2.32. The Morgan fingerprint density at radius 3 is 2.46 bits per heavy atom. The number of hydrogen-bond donors (Lipinski definition) is 1. The second-order valence-electron chi connectivity index (χ2n) is 6.10. The van der Waals surface area contributed by atoms with Gasteiger partial charge < -0.3 is 0 Å². The maximum atomic E-state index is 14.5. The van der Waals surface area contributed by atoms with Crippen molar-refractivity contribution < 1.29 is 21.8 Å². The summed E-state index contributed by atoms with van der Waals surface area (Å²) in [6.07, 6.45) is 3.79. The van der Waals surface area contributed by atoms with Crippen LogP contribution in [-0.2, 0) is 21.2 Å². The van der Waals surface area contributed by atoms with Crippen LogP contribution < -0.4 is 4.31 Å². The van der Waals surface area contributed by atoms with Crippen molar-refractivity contribution >= 4 is 38.5 Å². The average Bonchev–Trinajstić information content (AvgIpc) is 2.63. The van der Waals surface area contributed by atoms with Crippen LogP contribution in [0.1, 0.15) is 12.8 Å². The maximum Gasteiger partial charge on any atom is 0.264 e. The summed E-state index contributed by atoms with van der Waals surface area (Å²) in [5.74, 6) is -1.17. The van der Waals surface area contributed by atoms with Gasteiger partial charge in [-0.2, -0.15) is 4.55 Å². The van der Waals surface area contributed by atoms with Crippen LogP contribution in [0, 0.1) is 11.6 Å². The Morgan fingerprint density at radius 2 is 1.89 bits per heavy atom. The molecule has 0 spiro atoms. The predicted octanol–water partition coefficient (Wildman–Crippen LogP) is 4.87. The molecule has 0 fully saturated rings. The zero-order valence-electron chi connectivity index (χ0n) is 15.2. The van der Waals surface area contributed by atoms with E-state index in [1.165, 1.54) is 30.3 Å². The second kappa shape index (κ2) is 9.73. The molecule has 4 nitrogen and oxygen atoms in total. The number of sulfonamides is 1. The van der Waals surface area contributed by atoms with Gasteiger partial charge in [0.15, 0.2) is 0 Å². The Kier molecular flexibility index (Phi) is 7.88. The Labute approximate surface area is 172 Å². The summed E-state index contributed by atoms with van der Waals surface area (Å²) in [5, 5.41) is 0.348. The lowest BCUT2D eigenvalue weighted by Crippen LogP contribution is -2.40. The van der Waals surface area contributed by atoms with Crippen LogP contribution in [0.15, 0.2) is 60.0 Å². The Hall–Kier alpha value is -1.61. The molecule has 0 aromatic heterocycles. The van der Waals surface area contributed by atoms with Crippen molar-refractivity contribution in [3.8, 4) is 0 Å². The number of nitrogens with zero attached hydrogens (tertiary/aromatic N) is 1. The molecule has 0 radical (unpaired) electrons. The number of anilines is 1. The van der Waals surface area contributed by atoms with Gasteiger partial charge in [-0.15, -0.1) is 6.58 Å². The molecule has 152 valence electrons. The smallest absolute Gasteiger partial charge is 0.256 e. The molecule has 2 atom stereocenters. The molecule has 2 aromatic rings. The van der Waals surface area contributed by atoms with Gasteiger partial charge in [0, 0.05) is 11.1 Å². The SMILES string of the molecule is C=C[C@H](CCC[S+](C)O)N(c1cc(F)ccc1F)S(=O)(=O)c1ccc(Cl)cc1. The largest absolute Gasteiger partial charge is 0.264 e. The van der Waals surface area contributed by atoms with Crippen molar-refractivity contribution in [1.29, 1.82) is 0 Å². The topological polar surface area (TPSA) is 57.6 Å². The van der Waals surface area contributed by atoms with Gasteiger partial charge in [0.05, 0.1) is 16.6 Å². The summed E-state index contributed by atoms with van der Waals surface area (Å²) in [5.41, 5.74) is -0.403. The van der Waals surface area contributed by atoms with E-state index in [-0.39, 0.29) is 11.3 Å². The minimum Gasteiger partial charge on any atom is -0.256 e. The van der Waals surface area contributed by atoms with E-state index >= 15 is 0 Å². The maximum absolute atomic E-state index is 14.5. The highest BCUT2D eigenvalue weighted by Crippen LogP contribution is 2.31. The number of rotatable bonds is 9. The van der Waals surface area contributed by atoms with Crippen LogP contribution in [0.5, 0.6) is 0 Å². The van der Waals surface area contributed by atoms with E-state index in [0.717, 1.165) is 22.5 Å². The highest BCUT2D eigenvalue weighted by atomic mass is 35.5. The van der Waals surface area contributed by atoms with Gasteiger partial charge in [0.1, 0.15) is 34.8 Å². The van der Waals surface area contributed by atoms with E-state index in [1.54, 1.807) is 6.26 Å². The fraction of sp³-hybridized carbons (Fsp3) is 0.263. The van der Waals surface area contributed by atoms with E-state index in [1.807, 2.05) is 0 Å². The van der Waals surface area contributed by atoms with Gasteiger partial charge in [0.2, 0.25) is 0 Å². The van der Waals surface area contributed by atoms with Crippen LogP contribution in [0.3, 0.4) is 0 Å². The molecular weight excluding hydrogens is 428 g/mol. The molecular formula is C19H21ClF2NO3S2+. The molecule has 1 unspecified atom stereocenters. The predicted molar refractivity (Wildman–Crippen MR) is 111 cm³/mol. The summed E-state index contributed by atoms with van der Waals surface area (Å²) in [6, 6.07) is 7.24. The van der Waals surface area contributed by atoms with Crippen molar-refractivity contribution in [3.63, 3.8) is 0 Å². The lowest BCUT2D eigenvalue weighted by molar-refractivity contribution is 0.566. The van der Waals surface area contributed by atoms with Gasteiger partial charge in [-0.1, -0.05) is 17.7 Å². The van der Waals surface area contributed by atoms with Crippen molar-refractivity contribution in [2.24, 2.45) is 0 Å². The van der Waals surface area contributed by atoms with E-state index < -0.39 is 44.6 Å². The number of halogens is 3. The lowest BCUT2D eigenvalue weighted by Gasteiger charge is -2.31. The molecule has 1 N–H and O–H groups in total. The molecule has 0 aliphatic heterocycles. The molecule has 2 rings (SSSR count). The molecule has 0 saturated carbocycles. The van der Waals surface area contributed by atoms with Gasteiger partial charge >= 0.3 is 0 Å². The zero-order chi connectivity index (χ0) is 20.9. The summed E-state index contributed by atoms with van der Waals surface area (Å²) >= 11 is 5.02. The van der Waals surface area contributed by atoms with Crippen molar-refractivity contribution in [2.75, 3.05) is 16.3 Å². The van der Waals surface area contributed by atoms with E-state index in [9.17, 15) is 21.8 Å². The molecule has 28 heavy (non-hydrogen) atoms. The van der Waals surface area contributed by atoms with Crippen LogP contribution in [0.2, 0.25) is 5.02 Å². The fourth-order valence-corrected chi connectivity index (χ4v) is 5.06. The second-order valence-corrected chi connectivity index (χ2v) is 9.96. The van der Waals surface area contributed by atoms with Gasteiger partial charge in [-0.25, -0.2) is 17.2 Å². The minimum absolute atomic E-state index is 0.107. The van der Waals surface area contributed by atoms with E-state index in [0.29, 0.717) is 17.2 Å². The summed E-state index contributed by atoms with van der Waals surface area (Å²) in [7, 11) is -4.24. The van der Waals surface area contributed by atoms with Gasteiger partial charge in [-0.05, 0) is 49.2 Å². The number of hydrogen-bond acceptors (Lipinski definition) is 3. The van der Waals surface area contributed by atoms with Crippen molar-refractivity contribution in [2.45, 2.75) is 23.8 Å². The molecule has 0 heterocycles. The lowest BCUT2D eigenvalue weighted by atomic mass is 10.1. The first-order valence-electron chi connectivity index (χ1n) is 8.36. The monoisotopic (exact) mass is 448 g/mol. The first kappa shape index (κ1) is 22.7. The molecule has 2 aromatic carbocycles. The van der Waals surface area contributed by atoms with E-state index in [2.05, 4.69) is 6.58 Å². The molecule has 0 aliphatic rings. The summed E-state index contributed by atoms with van der Waals surface area (Å²) in [4.78, 5) is -0.107. The standard InChI is InChI=1S/C19H21ClF2NO3S2/c1-3-16(5-4-12-27(2)24)23(19-13-15(21)8-11-18(19)22)28(25,26)17-9-6-14(20)7-10-17/h3,6-11,13,16,24H,1,4-5,12H2,2H3/q+1/t16-,27?/m1/s1. The molecule has 0 amide bonds. The Morgan fingerprint density at radius 1 is 1.25 bits per heavy atom. The van der Waals surface area contributed by atoms with Crippen LogP contribution in [0.25, 0.3) is 0 Å². The molecule has 9 heteroatoms. The highest BCUT2D eigenvalue weighted by molar-refractivity contribution is 7.93. The normalized spacial score (nSPS) is 13.8. The molecule has 0 bridgehead atoms. The third kappa shape index (κ3) is 5.47. The average molecular weight is 449 g/mol. The fourth-order valence-electron chi connectivity index (χ4n) is 2.69. The molecule has 0 saturated heterocycles. The van der Waals surface area contributed by atoms with Crippen LogP contribution in [-0.4, -0.2) is 31.0 Å². The Bertz CT molecular complexity index is 921. The Balaban J connectivity index is 2.56.